The molecule has 1 aliphatic heterocycles. The zero-order chi connectivity index (χ0) is 15.8. The number of nitrogens with zero attached hydrogens (tertiary/aromatic N) is 1. The fraction of sp³-hybridized carbons (Fsp3) is 0.529. The third-order valence-corrected chi connectivity index (χ3v) is 3.86. The highest BCUT2D eigenvalue weighted by Gasteiger charge is 2.22. The zero-order valence-electron chi connectivity index (χ0n) is 13.1. The van der Waals surface area contributed by atoms with E-state index in [2.05, 4.69) is 5.32 Å². The molecule has 0 spiro atoms. The fourth-order valence-electron chi connectivity index (χ4n) is 2.57. The Morgan fingerprint density at radius 2 is 1.91 bits per heavy atom. The first kappa shape index (κ1) is 16.3. The molecule has 22 heavy (non-hydrogen) atoms. The Hall–Kier alpha value is -2.04. The van der Waals surface area contributed by atoms with Crippen LogP contribution in [0.15, 0.2) is 30.3 Å². The van der Waals surface area contributed by atoms with Crippen molar-refractivity contribution in [3.63, 3.8) is 0 Å². The van der Waals surface area contributed by atoms with Crippen LogP contribution in [0.4, 0.5) is 0 Å². The average Bonchev–Trinajstić information content (AvgIpc) is 2.56. The summed E-state index contributed by atoms with van der Waals surface area (Å²) < 4.78 is 5.52. The summed E-state index contributed by atoms with van der Waals surface area (Å²) in [5, 5.41) is 3.03. The minimum atomic E-state index is 0.0104. The maximum atomic E-state index is 11.9. The molecule has 1 heterocycles. The first-order valence-corrected chi connectivity index (χ1v) is 7.94. The Kier molecular flexibility index (Phi) is 6.25. The summed E-state index contributed by atoms with van der Waals surface area (Å²) in [5.74, 6) is 0.985. The topological polar surface area (TPSA) is 58.6 Å². The van der Waals surface area contributed by atoms with Gasteiger partial charge in [0, 0.05) is 25.6 Å². The van der Waals surface area contributed by atoms with Crippen molar-refractivity contribution in [1.82, 2.24) is 10.2 Å². The lowest BCUT2D eigenvalue weighted by molar-refractivity contribution is -0.132. The number of ether oxygens (including phenoxy) is 1. The van der Waals surface area contributed by atoms with Gasteiger partial charge in [-0.15, -0.1) is 0 Å². The number of hydrogen-bond acceptors (Lipinski definition) is 3. The van der Waals surface area contributed by atoms with Crippen LogP contribution >= 0.6 is 0 Å². The van der Waals surface area contributed by atoms with Crippen LogP contribution in [0.3, 0.4) is 0 Å². The Morgan fingerprint density at radius 3 is 2.55 bits per heavy atom. The molecule has 1 aromatic rings. The highest BCUT2D eigenvalue weighted by atomic mass is 16.5. The van der Waals surface area contributed by atoms with Crippen LogP contribution < -0.4 is 10.1 Å². The van der Waals surface area contributed by atoms with Crippen LogP contribution in [0, 0.1) is 0 Å². The van der Waals surface area contributed by atoms with Crippen LogP contribution in [0.25, 0.3) is 0 Å². The first-order chi connectivity index (χ1) is 10.7. The monoisotopic (exact) mass is 304 g/mol. The maximum Gasteiger partial charge on any atom is 0.223 e. The normalized spacial score (nSPS) is 15.4. The van der Waals surface area contributed by atoms with E-state index in [4.69, 9.17) is 4.74 Å². The number of hydrogen-bond donors (Lipinski definition) is 1. The molecule has 0 aromatic heterocycles. The smallest absolute Gasteiger partial charge is 0.223 e. The highest BCUT2D eigenvalue weighted by Crippen LogP contribution is 2.12. The molecule has 0 saturated carbocycles. The van der Waals surface area contributed by atoms with Gasteiger partial charge in [0.05, 0.1) is 13.0 Å². The van der Waals surface area contributed by atoms with Crippen LogP contribution in [0.1, 0.15) is 32.6 Å². The van der Waals surface area contributed by atoms with Crippen LogP contribution in [-0.4, -0.2) is 42.5 Å². The summed E-state index contributed by atoms with van der Waals surface area (Å²) in [6.45, 7) is 3.72. The predicted octanol–water partition coefficient (Wildman–Crippen LogP) is 1.97. The van der Waals surface area contributed by atoms with E-state index in [-0.39, 0.29) is 17.9 Å². The van der Waals surface area contributed by atoms with Gasteiger partial charge in [-0.3, -0.25) is 9.59 Å². The van der Waals surface area contributed by atoms with Gasteiger partial charge in [-0.05, 0) is 25.0 Å². The molecule has 0 atom stereocenters. The van der Waals surface area contributed by atoms with Crippen LogP contribution in [-0.2, 0) is 9.59 Å². The number of rotatable bonds is 6. The van der Waals surface area contributed by atoms with Gasteiger partial charge >= 0.3 is 0 Å². The Labute approximate surface area is 131 Å². The molecular formula is C17H24N2O3. The lowest BCUT2D eigenvalue weighted by Crippen LogP contribution is -2.46. The number of carbonyl (C=O) groups is 2. The third-order valence-electron chi connectivity index (χ3n) is 3.86. The second-order valence-corrected chi connectivity index (χ2v) is 5.49. The van der Waals surface area contributed by atoms with Gasteiger partial charge < -0.3 is 15.0 Å². The van der Waals surface area contributed by atoms with Crippen molar-refractivity contribution < 1.29 is 14.3 Å². The second-order valence-electron chi connectivity index (χ2n) is 5.49. The van der Waals surface area contributed by atoms with E-state index in [1.807, 2.05) is 42.2 Å². The van der Waals surface area contributed by atoms with Gasteiger partial charge in [0.1, 0.15) is 5.75 Å². The maximum absolute atomic E-state index is 11.9. The summed E-state index contributed by atoms with van der Waals surface area (Å²) in [6, 6.07) is 9.65. The molecule has 5 nitrogen and oxygen atoms in total. The van der Waals surface area contributed by atoms with Gasteiger partial charge in [0.2, 0.25) is 11.8 Å². The number of para-hydroxylation sites is 1. The fourth-order valence-corrected chi connectivity index (χ4v) is 2.57. The van der Waals surface area contributed by atoms with Gasteiger partial charge in [0.25, 0.3) is 0 Å². The number of nitrogens with one attached hydrogen (secondary N) is 1. The Morgan fingerprint density at radius 1 is 1.23 bits per heavy atom. The van der Waals surface area contributed by atoms with Gasteiger partial charge in [0.15, 0.2) is 0 Å². The number of amides is 2. The van der Waals surface area contributed by atoms with E-state index < -0.39 is 0 Å². The van der Waals surface area contributed by atoms with Gasteiger partial charge in [-0.1, -0.05) is 25.1 Å². The van der Waals surface area contributed by atoms with Gasteiger partial charge in [-0.2, -0.15) is 0 Å². The van der Waals surface area contributed by atoms with Gasteiger partial charge in [-0.25, -0.2) is 0 Å². The first-order valence-electron chi connectivity index (χ1n) is 7.94. The lowest BCUT2D eigenvalue weighted by Gasteiger charge is -2.32. The molecule has 1 fully saturated rings. The average molecular weight is 304 g/mol. The molecule has 0 unspecified atom stereocenters. The van der Waals surface area contributed by atoms with Crippen molar-refractivity contribution >= 4 is 11.8 Å². The van der Waals surface area contributed by atoms with Crippen molar-refractivity contribution in [1.29, 1.82) is 0 Å². The highest BCUT2D eigenvalue weighted by molar-refractivity contribution is 5.77. The van der Waals surface area contributed by atoms with E-state index in [9.17, 15) is 9.59 Å². The van der Waals surface area contributed by atoms with Crippen LogP contribution in [0.5, 0.6) is 5.75 Å². The van der Waals surface area contributed by atoms with Crippen molar-refractivity contribution in [3.05, 3.63) is 30.3 Å². The quantitative estimate of drug-likeness (QED) is 0.874. The molecule has 120 valence electrons. The van der Waals surface area contributed by atoms with E-state index >= 15 is 0 Å². The van der Waals surface area contributed by atoms with Crippen LogP contribution in [0.2, 0.25) is 0 Å². The molecule has 0 radical (unpaired) electrons. The van der Waals surface area contributed by atoms with Crippen molar-refractivity contribution in [2.75, 3.05) is 19.7 Å². The summed E-state index contributed by atoms with van der Waals surface area (Å²) in [5.41, 5.74) is 0. The molecule has 1 aromatic carbocycles. The number of likely N-dealkylation sites (tertiary alicyclic amines) is 1. The van der Waals surface area contributed by atoms with Crippen molar-refractivity contribution in [3.8, 4) is 5.75 Å². The Balaban J connectivity index is 1.63. The molecule has 2 amide bonds. The number of carbonyl (C=O) groups excluding carboxylic acids is 2. The molecular weight excluding hydrogens is 280 g/mol. The summed E-state index contributed by atoms with van der Waals surface area (Å²) in [7, 11) is 0. The SMILES string of the molecule is CCC(=O)N1CCC(NC(=O)CCOc2ccccc2)CC1. The summed E-state index contributed by atoms with van der Waals surface area (Å²) >= 11 is 0. The molecule has 1 aliphatic rings. The number of piperidine rings is 1. The molecule has 5 heteroatoms. The molecule has 1 saturated heterocycles. The lowest BCUT2D eigenvalue weighted by atomic mass is 10.0. The molecule has 0 aliphatic carbocycles. The zero-order valence-corrected chi connectivity index (χ0v) is 13.1. The summed E-state index contributed by atoms with van der Waals surface area (Å²) in [6.07, 6.45) is 2.56. The third kappa shape index (κ3) is 5.06. The van der Waals surface area contributed by atoms with E-state index in [0.717, 1.165) is 31.7 Å². The largest absolute Gasteiger partial charge is 0.493 e. The standard InChI is InChI=1S/C17H24N2O3/c1-2-17(21)19-11-8-14(9-12-19)18-16(20)10-13-22-15-6-4-3-5-7-15/h3-7,14H,2,8-13H2,1H3,(H,18,20). The molecule has 2 rings (SSSR count). The van der Waals surface area contributed by atoms with Crippen molar-refractivity contribution in [2.24, 2.45) is 0 Å². The van der Waals surface area contributed by atoms with E-state index in [1.165, 1.54) is 0 Å². The second kappa shape index (κ2) is 8.41. The van der Waals surface area contributed by atoms with E-state index in [0.29, 0.717) is 19.4 Å². The number of benzene rings is 1. The Bertz CT molecular complexity index is 482. The molecule has 0 bridgehead atoms. The molecule has 1 N–H and O–H groups in total. The van der Waals surface area contributed by atoms with E-state index in [1.54, 1.807) is 0 Å². The minimum Gasteiger partial charge on any atom is -0.493 e. The minimum absolute atomic E-state index is 0.0104. The van der Waals surface area contributed by atoms with Crippen molar-refractivity contribution in [2.45, 2.75) is 38.6 Å². The predicted molar refractivity (Wildman–Crippen MR) is 84.6 cm³/mol. The summed E-state index contributed by atoms with van der Waals surface area (Å²) in [4.78, 5) is 25.4.